The summed E-state index contributed by atoms with van der Waals surface area (Å²) in [6.45, 7) is 4.66. The summed E-state index contributed by atoms with van der Waals surface area (Å²) in [5, 5.41) is 8.53. The Morgan fingerprint density at radius 1 is 0.864 bits per heavy atom. The third kappa shape index (κ3) is 17.3. The zero-order valence-electron chi connectivity index (χ0n) is 15.0. The second-order valence-corrected chi connectivity index (χ2v) is 6.70. The van der Waals surface area contributed by atoms with E-state index >= 15 is 0 Å². The van der Waals surface area contributed by atoms with Crippen molar-refractivity contribution in [3.05, 3.63) is 12.2 Å². The topological polar surface area (TPSA) is 37.3 Å². The van der Waals surface area contributed by atoms with Crippen LogP contribution in [-0.2, 0) is 4.79 Å². The van der Waals surface area contributed by atoms with E-state index in [1.807, 2.05) is 0 Å². The Balaban J connectivity index is 3.16. The van der Waals surface area contributed by atoms with Crippen LogP contribution < -0.4 is 0 Å². The summed E-state index contributed by atoms with van der Waals surface area (Å²) in [5.74, 6) is 0.249. The number of carboxylic acid groups (broad SMARTS) is 1. The predicted octanol–water partition coefficient (Wildman–Crippen LogP) is 6.74. The molecule has 1 N–H and O–H groups in total. The Morgan fingerprint density at radius 2 is 1.41 bits per heavy atom. The minimum absolute atomic E-state index is 0.330. The van der Waals surface area contributed by atoms with Crippen molar-refractivity contribution < 1.29 is 9.90 Å². The van der Waals surface area contributed by atoms with Gasteiger partial charge in [0.1, 0.15) is 0 Å². The highest BCUT2D eigenvalue weighted by Gasteiger charge is 1.99. The highest BCUT2D eigenvalue weighted by atomic mass is 16.4. The average Bonchev–Trinajstić information content (AvgIpc) is 2.47. The van der Waals surface area contributed by atoms with Gasteiger partial charge in [0.15, 0.2) is 0 Å². The molecule has 22 heavy (non-hydrogen) atoms. The van der Waals surface area contributed by atoms with E-state index in [2.05, 4.69) is 26.0 Å². The van der Waals surface area contributed by atoms with Gasteiger partial charge in [0.05, 0.1) is 0 Å². The molecule has 0 aromatic rings. The quantitative estimate of drug-likeness (QED) is 0.253. The Hall–Kier alpha value is -0.790. The van der Waals surface area contributed by atoms with Gasteiger partial charge in [0.25, 0.3) is 0 Å². The Kier molecular flexibility index (Phi) is 16.0. The monoisotopic (exact) mass is 310 g/mol. The van der Waals surface area contributed by atoms with Gasteiger partial charge < -0.3 is 5.11 Å². The van der Waals surface area contributed by atoms with Gasteiger partial charge >= 0.3 is 5.97 Å². The Bertz CT molecular complexity index is 271. The minimum Gasteiger partial charge on any atom is -0.481 e. The number of carboxylic acids is 1. The van der Waals surface area contributed by atoms with Crippen LogP contribution in [0.3, 0.4) is 0 Å². The second-order valence-electron chi connectivity index (χ2n) is 6.70. The van der Waals surface area contributed by atoms with Crippen LogP contribution in [0.4, 0.5) is 0 Å². The predicted molar refractivity (Wildman–Crippen MR) is 96.3 cm³/mol. The molecule has 0 saturated heterocycles. The molecule has 0 amide bonds. The van der Waals surface area contributed by atoms with Crippen LogP contribution in [0.25, 0.3) is 0 Å². The largest absolute Gasteiger partial charge is 0.481 e. The summed E-state index contributed by atoms with van der Waals surface area (Å²) in [7, 11) is 0. The summed E-state index contributed by atoms with van der Waals surface area (Å²) in [5.41, 5.74) is 0. The first kappa shape index (κ1) is 21.2. The van der Waals surface area contributed by atoms with E-state index in [1.165, 1.54) is 70.6 Å². The van der Waals surface area contributed by atoms with Crippen LogP contribution in [0.1, 0.15) is 104 Å². The first-order valence-corrected chi connectivity index (χ1v) is 9.53. The number of aliphatic carboxylic acids is 1. The van der Waals surface area contributed by atoms with Gasteiger partial charge in [-0.1, -0.05) is 77.4 Å². The molecule has 0 fully saturated rings. The van der Waals surface area contributed by atoms with Crippen LogP contribution in [0, 0.1) is 5.92 Å². The van der Waals surface area contributed by atoms with Crippen molar-refractivity contribution in [2.45, 2.75) is 104 Å². The summed E-state index contributed by atoms with van der Waals surface area (Å²) < 4.78 is 0. The molecule has 1 unspecified atom stereocenters. The van der Waals surface area contributed by atoms with E-state index in [1.54, 1.807) is 0 Å². The summed E-state index contributed by atoms with van der Waals surface area (Å²) in [4.78, 5) is 10.4. The molecule has 1 atom stereocenters. The highest BCUT2D eigenvalue weighted by molar-refractivity contribution is 5.66. The normalized spacial score (nSPS) is 12.8. The van der Waals surface area contributed by atoms with E-state index in [-0.39, 0.29) is 0 Å². The fourth-order valence-corrected chi connectivity index (χ4v) is 2.87. The van der Waals surface area contributed by atoms with Gasteiger partial charge in [-0.3, -0.25) is 4.79 Å². The molecule has 0 aliphatic carbocycles. The summed E-state index contributed by atoms with van der Waals surface area (Å²) >= 11 is 0. The smallest absolute Gasteiger partial charge is 0.303 e. The molecule has 0 aliphatic heterocycles. The number of unbranched alkanes of at least 4 members (excludes halogenated alkanes) is 8. The van der Waals surface area contributed by atoms with Crippen molar-refractivity contribution in [1.82, 2.24) is 0 Å². The fourth-order valence-electron chi connectivity index (χ4n) is 2.87. The lowest BCUT2D eigenvalue weighted by molar-refractivity contribution is -0.137. The molecule has 0 aromatic heterocycles. The molecule has 0 spiro atoms. The van der Waals surface area contributed by atoms with Crippen molar-refractivity contribution in [2.75, 3.05) is 0 Å². The van der Waals surface area contributed by atoms with E-state index in [9.17, 15) is 4.79 Å². The third-order valence-corrected chi connectivity index (χ3v) is 4.28. The molecule has 130 valence electrons. The van der Waals surface area contributed by atoms with Crippen LogP contribution in [0.2, 0.25) is 0 Å². The molecule has 0 rings (SSSR count). The number of hydrogen-bond acceptors (Lipinski definition) is 1. The fraction of sp³-hybridized carbons (Fsp3) is 0.850. The Labute approximate surface area is 138 Å². The molecule has 0 saturated carbocycles. The van der Waals surface area contributed by atoms with Crippen LogP contribution >= 0.6 is 0 Å². The van der Waals surface area contributed by atoms with Crippen LogP contribution in [0.15, 0.2) is 12.2 Å². The molecular weight excluding hydrogens is 272 g/mol. The number of allylic oxidation sites excluding steroid dienone is 2. The van der Waals surface area contributed by atoms with Gasteiger partial charge in [-0.05, 0) is 38.0 Å². The van der Waals surface area contributed by atoms with Gasteiger partial charge in [0, 0.05) is 6.42 Å². The molecule has 0 radical (unpaired) electrons. The molecule has 0 bridgehead atoms. The number of rotatable bonds is 16. The van der Waals surface area contributed by atoms with E-state index in [4.69, 9.17) is 5.11 Å². The maximum atomic E-state index is 10.4. The van der Waals surface area contributed by atoms with Crippen molar-refractivity contribution in [2.24, 2.45) is 5.92 Å². The highest BCUT2D eigenvalue weighted by Crippen LogP contribution is 2.15. The lowest BCUT2D eigenvalue weighted by atomic mass is 9.98. The summed E-state index contributed by atoms with van der Waals surface area (Å²) in [6, 6.07) is 0. The SMILES string of the molecule is CCCC(C)CCCCC/C=C/CCCCCCCC(=O)O. The van der Waals surface area contributed by atoms with Crippen molar-refractivity contribution in [3.63, 3.8) is 0 Å². The van der Waals surface area contributed by atoms with Crippen LogP contribution in [0.5, 0.6) is 0 Å². The molecule has 2 nitrogen and oxygen atoms in total. The average molecular weight is 311 g/mol. The van der Waals surface area contributed by atoms with Crippen molar-refractivity contribution in [1.29, 1.82) is 0 Å². The van der Waals surface area contributed by atoms with E-state index in [0.717, 1.165) is 18.8 Å². The maximum Gasteiger partial charge on any atom is 0.303 e. The summed E-state index contributed by atoms with van der Waals surface area (Å²) in [6.07, 6.45) is 21.2. The molecular formula is C20H38O2. The van der Waals surface area contributed by atoms with Gasteiger partial charge in [-0.2, -0.15) is 0 Å². The molecule has 2 heteroatoms. The third-order valence-electron chi connectivity index (χ3n) is 4.28. The van der Waals surface area contributed by atoms with Gasteiger partial charge in [0.2, 0.25) is 0 Å². The van der Waals surface area contributed by atoms with Crippen LogP contribution in [-0.4, -0.2) is 11.1 Å². The van der Waals surface area contributed by atoms with Crippen molar-refractivity contribution in [3.8, 4) is 0 Å². The minimum atomic E-state index is -0.664. The zero-order valence-corrected chi connectivity index (χ0v) is 15.0. The first-order valence-electron chi connectivity index (χ1n) is 9.53. The molecule has 0 aliphatic rings. The second kappa shape index (κ2) is 16.6. The zero-order chi connectivity index (χ0) is 16.5. The number of hydrogen-bond donors (Lipinski definition) is 1. The molecule has 0 heterocycles. The van der Waals surface area contributed by atoms with Crippen molar-refractivity contribution >= 4 is 5.97 Å². The molecule has 0 aromatic carbocycles. The van der Waals surface area contributed by atoms with E-state index < -0.39 is 5.97 Å². The van der Waals surface area contributed by atoms with Gasteiger partial charge in [-0.15, -0.1) is 0 Å². The lowest BCUT2D eigenvalue weighted by Gasteiger charge is -2.08. The number of carbonyl (C=O) groups is 1. The van der Waals surface area contributed by atoms with E-state index in [0.29, 0.717) is 6.42 Å². The lowest BCUT2D eigenvalue weighted by Crippen LogP contribution is -1.93. The maximum absolute atomic E-state index is 10.4. The standard InChI is InChI=1S/C20H38O2/c1-3-16-19(2)17-14-12-10-8-6-4-5-7-9-11-13-15-18-20(21)22/h4,6,19H,3,5,7-18H2,1-2H3,(H,21,22)/b6-4+. The first-order chi connectivity index (χ1) is 10.7. The van der Waals surface area contributed by atoms with Gasteiger partial charge in [-0.25, -0.2) is 0 Å². The Morgan fingerprint density at radius 3 is 2.00 bits per heavy atom.